The van der Waals surface area contributed by atoms with E-state index < -0.39 is 0 Å². The SMILES string of the molecule is CC1CCN(c2ccc(NC(=O)COc3cccc(C#N)c3)cc2)CC1. The fourth-order valence-electron chi connectivity index (χ4n) is 3.02. The monoisotopic (exact) mass is 349 g/mol. The van der Waals surface area contributed by atoms with Gasteiger partial charge in [0.15, 0.2) is 6.61 Å². The van der Waals surface area contributed by atoms with Crippen LogP contribution in [-0.4, -0.2) is 25.6 Å². The van der Waals surface area contributed by atoms with Crippen LogP contribution in [0, 0.1) is 17.2 Å². The van der Waals surface area contributed by atoms with Gasteiger partial charge in [-0.15, -0.1) is 0 Å². The molecule has 1 aliphatic heterocycles. The lowest BCUT2D eigenvalue weighted by Crippen LogP contribution is -2.32. The number of carbonyl (C=O) groups excluding carboxylic acids is 1. The maximum absolute atomic E-state index is 12.1. The molecule has 134 valence electrons. The Balaban J connectivity index is 1.50. The van der Waals surface area contributed by atoms with Gasteiger partial charge in [0.05, 0.1) is 11.6 Å². The van der Waals surface area contributed by atoms with Gasteiger partial charge in [-0.2, -0.15) is 5.26 Å². The number of piperidine rings is 1. The van der Waals surface area contributed by atoms with Crippen LogP contribution >= 0.6 is 0 Å². The molecule has 0 spiro atoms. The molecule has 1 aliphatic rings. The maximum Gasteiger partial charge on any atom is 0.262 e. The van der Waals surface area contributed by atoms with Crippen molar-refractivity contribution in [1.29, 1.82) is 5.26 Å². The second-order valence-corrected chi connectivity index (χ2v) is 6.69. The molecule has 26 heavy (non-hydrogen) atoms. The van der Waals surface area contributed by atoms with Crippen molar-refractivity contribution >= 4 is 17.3 Å². The van der Waals surface area contributed by atoms with E-state index in [9.17, 15) is 4.79 Å². The van der Waals surface area contributed by atoms with E-state index in [0.717, 1.165) is 24.7 Å². The number of benzene rings is 2. The molecule has 5 heteroatoms. The zero-order valence-electron chi connectivity index (χ0n) is 14.9. The highest BCUT2D eigenvalue weighted by molar-refractivity contribution is 5.92. The predicted molar refractivity (Wildman–Crippen MR) is 102 cm³/mol. The topological polar surface area (TPSA) is 65.4 Å². The van der Waals surface area contributed by atoms with Crippen molar-refractivity contribution in [2.24, 2.45) is 5.92 Å². The number of anilines is 2. The number of nitrogens with zero attached hydrogens (tertiary/aromatic N) is 2. The molecule has 2 aromatic rings. The third-order valence-electron chi connectivity index (χ3n) is 4.63. The fourth-order valence-corrected chi connectivity index (χ4v) is 3.02. The first kappa shape index (κ1) is 17.8. The van der Waals surface area contributed by atoms with Crippen LogP contribution in [0.15, 0.2) is 48.5 Å². The van der Waals surface area contributed by atoms with E-state index in [4.69, 9.17) is 10.00 Å². The number of nitriles is 1. The van der Waals surface area contributed by atoms with E-state index in [1.165, 1.54) is 18.5 Å². The Kier molecular flexibility index (Phi) is 5.75. The van der Waals surface area contributed by atoms with Crippen LogP contribution in [0.4, 0.5) is 11.4 Å². The van der Waals surface area contributed by atoms with Crippen molar-refractivity contribution < 1.29 is 9.53 Å². The molecule has 1 N–H and O–H groups in total. The Hall–Kier alpha value is -3.00. The zero-order chi connectivity index (χ0) is 18.4. The molecule has 3 rings (SSSR count). The number of rotatable bonds is 5. The molecule has 0 unspecified atom stereocenters. The van der Waals surface area contributed by atoms with E-state index in [0.29, 0.717) is 11.3 Å². The van der Waals surface area contributed by atoms with E-state index in [1.807, 2.05) is 30.3 Å². The van der Waals surface area contributed by atoms with Gasteiger partial charge in [-0.05, 0) is 61.2 Å². The van der Waals surface area contributed by atoms with Gasteiger partial charge in [-0.1, -0.05) is 13.0 Å². The summed E-state index contributed by atoms with van der Waals surface area (Å²) in [4.78, 5) is 14.4. The van der Waals surface area contributed by atoms with Crippen LogP contribution in [-0.2, 0) is 4.79 Å². The highest BCUT2D eigenvalue weighted by atomic mass is 16.5. The van der Waals surface area contributed by atoms with Gasteiger partial charge in [0.2, 0.25) is 0 Å². The van der Waals surface area contributed by atoms with E-state index in [-0.39, 0.29) is 12.5 Å². The van der Waals surface area contributed by atoms with Crippen LogP contribution in [0.2, 0.25) is 0 Å². The van der Waals surface area contributed by atoms with Crippen LogP contribution in [0.25, 0.3) is 0 Å². The summed E-state index contributed by atoms with van der Waals surface area (Å²) in [6, 6.07) is 16.7. The Morgan fingerprint density at radius 2 is 1.96 bits per heavy atom. The zero-order valence-corrected chi connectivity index (χ0v) is 14.9. The normalized spacial score (nSPS) is 14.5. The first-order chi connectivity index (χ1) is 12.6. The molecule has 1 saturated heterocycles. The minimum Gasteiger partial charge on any atom is -0.484 e. The summed E-state index contributed by atoms with van der Waals surface area (Å²) in [6.45, 7) is 4.38. The number of ether oxygens (including phenoxy) is 1. The molecule has 0 atom stereocenters. The van der Waals surface area contributed by atoms with Crippen LogP contribution in [0.3, 0.4) is 0 Å². The highest BCUT2D eigenvalue weighted by Gasteiger charge is 2.15. The van der Waals surface area contributed by atoms with Crippen molar-refractivity contribution in [3.63, 3.8) is 0 Å². The lowest BCUT2D eigenvalue weighted by atomic mass is 9.99. The summed E-state index contributed by atoms with van der Waals surface area (Å²) in [5, 5.41) is 11.7. The fraction of sp³-hybridized carbons (Fsp3) is 0.333. The Bertz CT molecular complexity index is 788. The largest absolute Gasteiger partial charge is 0.484 e. The number of carbonyl (C=O) groups is 1. The smallest absolute Gasteiger partial charge is 0.262 e. The van der Waals surface area contributed by atoms with Gasteiger partial charge in [-0.25, -0.2) is 0 Å². The molecule has 5 nitrogen and oxygen atoms in total. The lowest BCUT2D eigenvalue weighted by molar-refractivity contribution is -0.118. The second-order valence-electron chi connectivity index (χ2n) is 6.69. The molecule has 1 fully saturated rings. The minimum absolute atomic E-state index is 0.0966. The molecule has 0 saturated carbocycles. The van der Waals surface area contributed by atoms with Gasteiger partial charge in [0, 0.05) is 24.5 Å². The van der Waals surface area contributed by atoms with Crippen LogP contribution < -0.4 is 15.0 Å². The molecule has 0 aromatic heterocycles. The third-order valence-corrected chi connectivity index (χ3v) is 4.63. The summed E-state index contributed by atoms with van der Waals surface area (Å²) >= 11 is 0. The lowest BCUT2D eigenvalue weighted by Gasteiger charge is -2.32. The van der Waals surface area contributed by atoms with Gasteiger partial charge < -0.3 is 15.0 Å². The standard InChI is InChI=1S/C21H23N3O2/c1-16-9-11-24(12-10-16)19-7-5-18(6-8-19)23-21(25)15-26-20-4-2-3-17(13-20)14-22/h2-8,13,16H,9-12,15H2,1H3,(H,23,25). The van der Waals surface area contributed by atoms with E-state index >= 15 is 0 Å². The molecule has 0 radical (unpaired) electrons. The molecule has 0 aliphatic carbocycles. The number of hydrogen-bond donors (Lipinski definition) is 1. The van der Waals surface area contributed by atoms with Crippen LogP contribution in [0.5, 0.6) is 5.75 Å². The molecule has 0 bridgehead atoms. The minimum atomic E-state index is -0.230. The maximum atomic E-state index is 12.1. The summed E-state index contributed by atoms with van der Waals surface area (Å²) < 4.78 is 5.44. The van der Waals surface area contributed by atoms with Crippen LogP contribution in [0.1, 0.15) is 25.3 Å². The molecular formula is C21H23N3O2. The van der Waals surface area contributed by atoms with E-state index in [2.05, 4.69) is 17.1 Å². The second kappa shape index (κ2) is 8.39. The summed E-state index contributed by atoms with van der Waals surface area (Å²) in [6.07, 6.45) is 2.45. The average Bonchev–Trinajstić information content (AvgIpc) is 2.68. The summed E-state index contributed by atoms with van der Waals surface area (Å²) in [7, 11) is 0. The Morgan fingerprint density at radius 1 is 1.23 bits per heavy atom. The number of nitrogens with one attached hydrogen (secondary N) is 1. The Labute approximate surface area is 154 Å². The van der Waals surface area contributed by atoms with Crippen molar-refractivity contribution in [2.45, 2.75) is 19.8 Å². The van der Waals surface area contributed by atoms with Gasteiger partial charge in [0.25, 0.3) is 5.91 Å². The number of hydrogen-bond acceptors (Lipinski definition) is 4. The predicted octanol–water partition coefficient (Wildman–Crippen LogP) is 3.81. The third kappa shape index (κ3) is 4.76. The first-order valence-electron chi connectivity index (χ1n) is 8.92. The molecule has 1 heterocycles. The van der Waals surface area contributed by atoms with Crippen molar-refractivity contribution in [2.75, 3.05) is 29.9 Å². The van der Waals surface area contributed by atoms with Gasteiger partial charge in [0.1, 0.15) is 5.75 Å². The average molecular weight is 349 g/mol. The molecule has 2 aromatic carbocycles. The quantitative estimate of drug-likeness (QED) is 0.891. The van der Waals surface area contributed by atoms with Crippen molar-refractivity contribution in [3.05, 3.63) is 54.1 Å². The van der Waals surface area contributed by atoms with Gasteiger partial charge in [-0.3, -0.25) is 4.79 Å². The first-order valence-corrected chi connectivity index (χ1v) is 8.92. The Morgan fingerprint density at radius 3 is 2.65 bits per heavy atom. The summed E-state index contributed by atoms with van der Waals surface area (Å²) in [5.74, 6) is 1.08. The molecule has 1 amide bonds. The van der Waals surface area contributed by atoms with E-state index in [1.54, 1.807) is 24.3 Å². The van der Waals surface area contributed by atoms with Crippen molar-refractivity contribution in [3.8, 4) is 11.8 Å². The highest BCUT2D eigenvalue weighted by Crippen LogP contribution is 2.24. The van der Waals surface area contributed by atoms with Gasteiger partial charge >= 0.3 is 0 Å². The molecular weight excluding hydrogens is 326 g/mol. The summed E-state index contributed by atoms with van der Waals surface area (Å²) in [5.41, 5.74) is 2.45. The number of amides is 1. The van der Waals surface area contributed by atoms with Crippen molar-refractivity contribution in [1.82, 2.24) is 0 Å².